The molecule has 0 spiro atoms. The fourth-order valence-electron chi connectivity index (χ4n) is 3.66. The van der Waals surface area contributed by atoms with Crippen molar-refractivity contribution in [2.24, 2.45) is 0 Å². The van der Waals surface area contributed by atoms with E-state index in [1.165, 1.54) is 17.7 Å². The molecule has 33 heavy (non-hydrogen) atoms. The molecule has 1 heterocycles. The van der Waals surface area contributed by atoms with Gasteiger partial charge < -0.3 is 4.90 Å². The van der Waals surface area contributed by atoms with E-state index in [-0.39, 0.29) is 24.1 Å². The summed E-state index contributed by atoms with van der Waals surface area (Å²) >= 11 is 3.25. The molecule has 1 amide bonds. The van der Waals surface area contributed by atoms with Gasteiger partial charge in [-0.05, 0) is 80.6 Å². The number of anilines is 1. The molecular formula is C25H33ClFN3OS2. The number of hydrogen-bond donors (Lipinski definition) is 0. The number of carbonyl (C=O) groups is 1. The number of thioether (sulfide) groups is 1. The minimum Gasteiger partial charge on any atom is -0.302 e. The van der Waals surface area contributed by atoms with Gasteiger partial charge in [-0.15, -0.1) is 24.2 Å². The Morgan fingerprint density at radius 1 is 1.09 bits per heavy atom. The molecule has 0 N–H and O–H groups in total. The largest absolute Gasteiger partial charge is 0.302 e. The summed E-state index contributed by atoms with van der Waals surface area (Å²) in [4.78, 5) is 23.3. The van der Waals surface area contributed by atoms with E-state index in [4.69, 9.17) is 4.98 Å². The van der Waals surface area contributed by atoms with Crippen LogP contribution >= 0.6 is 35.5 Å². The number of aromatic nitrogens is 1. The van der Waals surface area contributed by atoms with E-state index < -0.39 is 0 Å². The summed E-state index contributed by atoms with van der Waals surface area (Å²) in [5.74, 6) is 0.708. The van der Waals surface area contributed by atoms with Gasteiger partial charge in [0.2, 0.25) is 5.91 Å². The van der Waals surface area contributed by atoms with Gasteiger partial charge in [-0.1, -0.05) is 31.3 Å². The number of halogens is 2. The zero-order valence-corrected chi connectivity index (χ0v) is 22.2. The molecule has 0 aliphatic heterocycles. The zero-order chi connectivity index (χ0) is 23.1. The molecule has 4 nitrogen and oxygen atoms in total. The van der Waals surface area contributed by atoms with Crippen LogP contribution in [0.4, 0.5) is 9.52 Å². The molecule has 0 unspecified atom stereocenters. The van der Waals surface area contributed by atoms with Gasteiger partial charge in [-0.25, -0.2) is 9.37 Å². The van der Waals surface area contributed by atoms with Gasteiger partial charge in [0.05, 0.1) is 10.2 Å². The third-order valence-corrected chi connectivity index (χ3v) is 7.63. The highest BCUT2D eigenvalue weighted by Crippen LogP contribution is 2.32. The molecule has 3 aromatic rings. The quantitative estimate of drug-likeness (QED) is 0.212. The first-order valence-corrected chi connectivity index (χ1v) is 13.0. The van der Waals surface area contributed by atoms with Gasteiger partial charge in [-0.3, -0.25) is 9.69 Å². The van der Waals surface area contributed by atoms with Gasteiger partial charge in [0.25, 0.3) is 0 Å². The zero-order valence-electron chi connectivity index (χ0n) is 19.8. The first-order chi connectivity index (χ1) is 15.4. The normalized spacial score (nSPS) is 11.1. The molecule has 0 radical (unpaired) electrons. The Morgan fingerprint density at radius 3 is 2.45 bits per heavy atom. The first kappa shape index (κ1) is 27.6. The molecule has 0 fully saturated rings. The third kappa shape index (κ3) is 7.67. The van der Waals surface area contributed by atoms with E-state index in [1.807, 2.05) is 4.90 Å². The van der Waals surface area contributed by atoms with Crippen LogP contribution in [-0.2, 0) is 4.79 Å². The number of carbonyl (C=O) groups excluding carboxylic acids is 1. The van der Waals surface area contributed by atoms with E-state index in [9.17, 15) is 9.18 Å². The van der Waals surface area contributed by atoms with E-state index in [1.54, 1.807) is 35.2 Å². The standard InChI is InChI=1S/C25H32FN3OS2.ClH/c1-5-28(6-2)13-14-29(25-27-24-19(4)16-18(3)17-22(24)32-25)23(30)8-7-15-31-21-11-9-20(26)10-12-21;/h9-12,16-17H,5-8,13-15H2,1-4H3;1H. The van der Waals surface area contributed by atoms with Gasteiger partial charge in [-0.2, -0.15) is 0 Å². The van der Waals surface area contributed by atoms with Crippen LogP contribution in [0, 0.1) is 19.7 Å². The fourth-order valence-corrected chi connectivity index (χ4v) is 5.70. The van der Waals surface area contributed by atoms with Crippen LogP contribution in [0.25, 0.3) is 10.2 Å². The number of fused-ring (bicyclic) bond motifs is 1. The van der Waals surface area contributed by atoms with Gasteiger partial charge in [0.1, 0.15) is 5.82 Å². The Kier molecular flexibility index (Phi) is 11.1. The molecule has 0 saturated carbocycles. The lowest BCUT2D eigenvalue weighted by molar-refractivity contribution is -0.118. The highest BCUT2D eigenvalue weighted by atomic mass is 35.5. The van der Waals surface area contributed by atoms with Crippen LogP contribution in [0.15, 0.2) is 41.3 Å². The fraction of sp³-hybridized carbons (Fsp3) is 0.440. The molecule has 1 aromatic heterocycles. The van der Waals surface area contributed by atoms with E-state index in [0.717, 1.165) is 57.6 Å². The summed E-state index contributed by atoms with van der Waals surface area (Å²) in [6.07, 6.45) is 1.24. The number of amides is 1. The molecule has 180 valence electrons. The summed E-state index contributed by atoms with van der Waals surface area (Å²) in [6.45, 7) is 11.9. The summed E-state index contributed by atoms with van der Waals surface area (Å²) in [7, 11) is 0. The van der Waals surface area contributed by atoms with Crippen molar-refractivity contribution < 1.29 is 9.18 Å². The maximum atomic E-state index is 13.2. The molecule has 0 aliphatic rings. The van der Waals surface area contributed by atoms with Crippen molar-refractivity contribution in [3.8, 4) is 0 Å². The maximum Gasteiger partial charge on any atom is 0.228 e. The third-order valence-electron chi connectivity index (χ3n) is 5.50. The van der Waals surface area contributed by atoms with Gasteiger partial charge in [0.15, 0.2) is 5.13 Å². The minimum absolute atomic E-state index is 0. The average Bonchev–Trinajstić information content (AvgIpc) is 3.19. The number of rotatable bonds is 11. The smallest absolute Gasteiger partial charge is 0.228 e. The second kappa shape index (κ2) is 13.3. The number of aryl methyl sites for hydroxylation is 2. The summed E-state index contributed by atoms with van der Waals surface area (Å²) < 4.78 is 14.2. The van der Waals surface area contributed by atoms with Crippen molar-refractivity contribution in [2.75, 3.05) is 36.8 Å². The summed E-state index contributed by atoms with van der Waals surface area (Å²) in [5, 5.41) is 0.789. The van der Waals surface area contributed by atoms with Crippen molar-refractivity contribution in [2.45, 2.75) is 45.4 Å². The van der Waals surface area contributed by atoms with Crippen LogP contribution in [-0.4, -0.2) is 47.7 Å². The second-order valence-corrected chi connectivity index (χ2v) is 10.1. The van der Waals surface area contributed by atoms with Crippen LogP contribution in [0.5, 0.6) is 0 Å². The number of thiazole rings is 1. The molecule has 0 bridgehead atoms. The molecule has 0 saturated heterocycles. The van der Waals surface area contributed by atoms with Crippen LogP contribution in [0.1, 0.15) is 37.8 Å². The number of likely N-dealkylation sites (N-methyl/N-ethyl adjacent to an activating group) is 1. The minimum atomic E-state index is -0.227. The Balaban J connectivity index is 0.00000385. The lowest BCUT2D eigenvalue weighted by atomic mass is 10.1. The number of hydrogen-bond acceptors (Lipinski definition) is 5. The molecule has 8 heteroatoms. The first-order valence-electron chi connectivity index (χ1n) is 11.2. The average molecular weight is 510 g/mol. The summed E-state index contributed by atoms with van der Waals surface area (Å²) in [6, 6.07) is 10.8. The molecule has 0 aliphatic carbocycles. The van der Waals surface area contributed by atoms with E-state index in [0.29, 0.717) is 13.0 Å². The highest BCUT2D eigenvalue weighted by Gasteiger charge is 2.21. The number of nitrogens with zero attached hydrogens (tertiary/aromatic N) is 3. The van der Waals surface area contributed by atoms with Gasteiger partial charge >= 0.3 is 0 Å². The topological polar surface area (TPSA) is 36.4 Å². The van der Waals surface area contributed by atoms with Crippen LogP contribution in [0.2, 0.25) is 0 Å². The molecular weight excluding hydrogens is 477 g/mol. The van der Waals surface area contributed by atoms with E-state index in [2.05, 4.69) is 44.7 Å². The second-order valence-electron chi connectivity index (χ2n) is 7.90. The van der Waals surface area contributed by atoms with E-state index >= 15 is 0 Å². The Labute approximate surface area is 211 Å². The van der Waals surface area contributed by atoms with Gasteiger partial charge in [0, 0.05) is 24.4 Å². The van der Waals surface area contributed by atoms with Crippen LogP contribution in [0.3, 0.4) is 0 Å². The van der Waals surface area contributed by atoms with Crippen molar-refractivity contribution in [1.29, 1.82) is 0 Å². The predicted octanol–water partition coefficient (Wildman–Crippen LogP) is 6.72. The SMILES string of the molecule is CCN(CC)CCN(C(=O)CCCSc1ccc(F)cc1)c1nc2c(C)cc(C)cc2s1.Cl. The van der Waals surface area contributed by atoms with Crippen molar-refractivity contribution >= 4 is 56.8 Å². The Hall–Kier alpha value is -1.67. The lowest BCUT2D eigenvalue weighted by Crippen LogP contribution is -2.38. The molecule has 2 aromatic carbocycles. The van der Waals surface area contributed by atoms with Crippen molar-refractivity contribution in [3.05, 3.63) is 53.3 Å². The number of benzene rings is 2. The predicted molar refractivity (Wildman–Crippen MR) is 143 cm³/mol. The monoisotopic (exact) mass is 509 g/mol. The van der Waals surface area contributed by atoms with Crippen LogP contribution < -0.4 is 4.90 Å². The summed E-state index contributed by atoms with van der Waals surface area (Å²) in [5.41, 5.74) is 3.35. The van der Waals surface area contributed by atoms with Crippen molar-refractivity contribution in [1.82, 2.24) is 9.88 Å². The lowest BCUT2D eigenvalue weighted by Gasteiger charge is -2.24. The maximum absolute atomic E-state index is 13.2. The Bertz CT molecular complexity index is 1040. The van der Waals surface area contributed by atoms with Crippen molar-refractivity contribution in [3.63, 3.8) is 0 Å². The Morgan fingerprint density at radius 2 is 1.79 bits per heavy atom. The highest BCUT2D eigenvalue weighted by molar-refractivity contribution is 7.99. The molecule has 0 atom stereocenters. The molecule has 3 rings (SSSR count).